The number of carbonyl (C=O) groups excluding carboxylic acids is 1. The minimum absolute atomic E-state index is 0.0562. The zero-order valence-corrected chi connectivity index (χ0v) is 17.0. The second-order valence-electron chi connectivity index (χ2n) is 7.21. The third-order valence-electron chi connectivity index (χ3n) is 4.47. The predicted molar refractivity (Wildman–Crippen MR) is 113 cm³/mol. The van der Waals surface area contributed by atoms with E-state index in [-0.39, 0.29) is 10.8 Å². The predicted octanol–water partition coefficient (Wildman–Crippen LogP) is 4.33. The number of fused-ring (bicyclic) bond motifs is 1. The summed E-state index contributed by atoms with van der Waals surface area (Å²) in [7, 11) is -3.84. The standard InChI is InChI=1S/C22H24N2O3S/c1-15(2)14-23-22(25)20-13-18(12-11-16(20)3)28(26,27)24-21-10-6-8-17-7-4-5-9-19(17)21/h4-13,15,24H,14H2,1-3H3,(H,23,25). The van der Waals surface area contributed by atoms with Crippen LogP contribution in [0.25, 0.3) is 10.8 Å². The van der Waals surface area contributed by atoms with Gasteiger partial charge in [0.1, 0.15) is 0 Å². The second kappa shape index (κ2) is 8.02. The third kappa shape index (κ3) is 4.34. The second-order valence-corrected chi connectivity index (χ2v) is 8.90. The van der Waals surface area contributed by atoms with E-state index in [9.17, 15) is 13.2 Å². The van der Waals surface area contributed by atoms with Gasteiger partial charge in [-0.05, 0) is 42.0 Å². The zero-order valence-electron chi connectivity index (χ0n) is 16.2. The van der Waals surface area contributed by atoms with Crippen molar-refractivity contribution >= 4 is 32.4 Å². The van der Waals surface area contributed by atoms with E-state index in [0.29, 0.717) is 23.7 Å². The van der Waals surface area contributed by atoms with Crippen molar-refractivity contribution in [3.8, 4) is 0 Å². The number of nitrogens with one attached hydrogen (secondary N) is 2. The summed E-state index contributed by atoms with van der Waals surface area (Å²) in [5.41, 5.74) is 1.59. The van der Waals surface area contributed by atoms with Gasteiger partial charge in [-0.2, -0.15) is 0 Å². The summed E-state index contributed by atoms with van der Waals surface area (Å²) in [6.45, 7) is 6.33. The number of anilines is 1. The van der Waals surface area contributed by atoms with Crippen LogP contribution in [0.1, 0.15) is 29.8 Å². The van der Waals surface area contributed by atoms with Gasteiger partial charge in [-0.3, -0.25) is 9.52 Å². The van der Waals surface area contributed by atoms with Crippen molar-refractivity contribution in [3.63, 3.8) is 0 Å². The molecule has 1 amide bonds. The van der Waals surface area contributed by atoms with Crippen molar-refractivity contribution in [3.05, 3.63) is 71.8 Å². The molecule has 0 fully saturated rings. The lowest BCUT2D eigenvalue weighted by Gasteiger charge is -2.13. The summed E-state index contributed by atoms with van der Waals surface area (Å²) in [4.78, 5) is 12.5. The SMILES string of the molecule is Cc1ccc(S(=O)(=O)Nc2cccc3ccccc23)cc1C(=O)NCC(C)C. The molecule has 0 radical (unpaired) electrons. The largest absolute Gasteiger partial charge is 0.352 e. The van der Waals surface area contributed by atoms with E-state index >= 15 is 0 Å². The van der Waals surface area contributed by atoms with Gasteiger partial charge in [0.2, 0.25) is 0 Å². The molecule has 2 N–H and O–H groups in total. The molecule has 0 aliphatic heterocycles. The summed E-state index contributed by atoms with van der Waals surface area (Å²) < 4.78 is 28.6. The molecule has 0 saturated carbocycles. The Morgan fingerprint density at radius 2 is 1.71 bits per heavy atom. The molecule has 0 aromatic heterocycles. The number of benzene rings is 3. The van der Waals surface area contributed by atoms with Gasteiger partial charge in [0.15, 0.2) is 0 Å². The molecule has 3 aromatic rings. The molecule has 0 unspecified atom stereocenters. The van der Waals surface area contributed by atoms with Crippen LogP contribution in [0.4, 0.5) is 5.69 Å². The fraction of sp³-hybridized carbons (Fsp3) is 0.227. The fourth-order valence-corrected chi connectivity index (χ4v) is 4.03. The molecule has 0 heterocycles. The van der Waals surface area contributed by atoms with Crippen LogP contribution in [0, 0.1) is 12.8 Å². The minimum atomic E-state index is -3.84. The van der Waals surface area contributed by atoms with Gasteiger partial charge in [0.25, 0.3) is 15.9 Å². The Kier molecular flexibility index (Phi) is 5.70. The minimum Gasteiger partial charge on any atom is -0.352 e. The van der Waals surface area contributed by atoms with Crippen LogP contribution in [-0.4, -0.2) is 20.9 Å². The molecule has 6 heteroatoms. The number of aryl methyl sites for hydroxylation is 1. The van der Waals surface area contributed by atoms with Crippen molar-refractivity contribution in [2.75, 3.05) is 11.3 Å². The first kappa shape index (κ1) is 19.9. The molecule has 0 bridgehead atoms. The maximum atomic E-state index is 13.0. The highest BCUT2D eigenvalue weighted by Gasteiger charge is 2.19. The van der Waals surface area contributed by atoms with E-state index in [1.807, 2.05) is 44.2 Å². The van der Waals surface area contributed by atoms with Gasteiger partial charge in [-0.1, -0.05) is 56.3 Å². The van der Waals surface area contributed by atoms with Crippen LogP contribution in [-0.2, 0) is 10.0 Å². The van der Waals surface area contributed by atoms with Gasteiger partial charge in [0.05, 0.1) is 10.6 Å². The van der Waals surface area contributed by atoms with E-state index in [4.69, 9.17) is 0 Å². The molecule has 0 saturated heterocycles. The molecule has 0 spiro atoms. The molecule has 3 aromatic carbocycles. The van der Waals surface area contributed by atoms with Gasteiger partial charge in [-0.15, -0.1) is 0 Å². The summed E-state index contributed by atoms with van der Waals surface area (Å²) in [5.74, 6) is 0.0395. The van der Waals surface area contributed by atoms with E-state index in [0.717, 1.165) is 16.3 Å². The molecule has 28 heavy (non-hydrogen) atoms. The number of hydrogen-bond acceptors (Lipinski definition) is 3. The van der Waals surface area contributed by atoms with Crippen molar-refractivity contribution in [2.45, 2.75) is 25.7 Å². The van der Waals surface area contributed by atoms with Gasteiger partial charge < -0.3 is 5.32 Å². The smallest absolute Gasteiger partial charge is 0.261 e. The summed E-state index contributed by atoms with van der Waals surface area (Å²) in [6, 6.07) is 17.6. The molecule has 0 atom stereocenters. The van der Waals surface area contributed by atoms with Crippen LogP contribution in [0.15, 0.2) is 65.6 Å². The summed E-state index contributed by atoms with van der Waals surface area (Å²) in [6.07, 6.45) is 0. The lowest BCUT2D eigenvalue weighted by molar-refractivity contribution is 0.0948. The van der Waals surface area contributed by atoms with Crippen molar-refractivity contribution < 1.29 is 13.2 Å². The monoisotopic (exact) mass is 396 g/mol. The Hall–Kier alpha value is -2.86. The van der Waals surface area contributed by atoms with Crippen LogP contribution >= 0.6 is 0 Å². The highest BCUT2D eigenvalue weighted by atomic mass is 32.2. The van der Waals surface area contributed by atoms with Crippen molar-refractivity contribution in [1.29, 1.82) is 0 Å². The molecule has 5 nitrogen and oxygen atoms in total. The Morgan fingerprint density at radius 3 is 2.46 bits per heavy atom. The summed E-state index contributed by atoms with van der Waals surface area (Å²) >= 11 is 0. The van der Waals surface area contributed by atoms with E-state index < -0.39 is 10.0 Å². The topological polar surface area (TPSA) is 75.3 Å². The molecule has 146 valence electrons. The van der Waals surface area contributed by atoms with Gasteiger partial charge in [0, 0.05) is 17.5 Å². The average molecular weight is 397 g/mol. The zero-order chi connectivity index (χ0) is 20.3. The third-order valence-corrected chi connectivity index (χ3v) is 5.83. The highest BCUT2D eigenvalue weighted by Crippen LogP contribution is 2.26. The first-order chi connectivity index (χ1) is 13.3. The Labute approximate surface area is 165 Å². The maximum absolute atomic E-state index is 13.0. The quantitative estimate of drug-likeness (QED) is 0.651. The summed E-state index contributed by atoms with van der Waals surface area (Å²) in [5, 5.41) is 4.60. The first-order valence-electron chi connectivity index (χ1n) is 9.17. The molecule has 3 rings (SSSR count). The van der Waals surface area contributed by atoms with Gasteiger partial charge in [-0.25, -0.2) is 8.42 Å². The lowest BCUT2D eigenvalue weighted by atomic mass is 10.1. The van der Waals surface area contributed by atoms with Crippen LogP contribution in [0.5, 0.6) is 0 Å². The number of carbonyl (C=O) groups is 1. The normalized spacial score (nSPS) is 11.6. The maximum Gasteiger partial charge on any atom is 0.261 e. The van der Waals surface area contributed by atoms with Crippen molar-refractivity contribution in [2.24, 2.45) is 5.92 Å². The first-order valence-corrected chi connectivity index (χ1v) is 10.7. The van der Waals surface area contributed by atoms with E-state index in [1.54, 1.807) is 25.1 Å². The van der Waals surface area contributed by atoms with E-state index in [1.165, 1.54) is 12.1 Å². The number of sulfonamides is 1. The van der Waals surface area contributed by atoms with Crippen LogP contribution < -0.4 is 10.0 Å². The van der Waals surface area contributed by atoms with Crippen LogP contribution in [0.2, 0.25) is 0 Å². The van der Waals surface area contributed by atoms with Crippen molar-refractivity contribution in [1.82, 2.24) is 5.32 Å². The lowest BCUT2D eigenvalue weighted by Crippen LogP contribution is -2.28. The Bertz CT molecular complexity index is 1120. The fourth-order valence-electron chi connectivity index (χ4n) is 2.92. The number of hydrogen-bond donors (Lipinski definition) is 2. The molecular formula is C22H24N2O3S. The molecular weight excluding hydrogens is 372 g/mol. The molecule has 0 aliphatic carbocycles. The highest BCUT2D eigenvalue weighted by molar-refractivity contribution is 7.92. The van der Waals surface area contributed by atoms with E-state index in [2.05, 4.69) is 10.0 Å². The van der Waals surface area contributed by atoms with Crippen LogP contribution in [0.3, 0.4) is 0 Å². The van der Waals surface area contributed by atoms with Gasteiger partial charge >= 0.3 is 0 Å². The Morgan fingerprint density at radius 1 is 1.00 bits per heavy atom. The average Bonchev–Trinajstić information content (AvgIpc) is 2.66. The number of rotatable bonds is 6. The Balaban J connectivity index is 1.93. The number of amides is 1. The molecule has 0 aliphatic rings.